The van der Waals surface area contributed by atoms with Gasteiger partial charge in [0.15, 0.2) is 0 Å². The van der Waals surface area contributed by atoms with Crippen LogP contribution in [0.2, 0.25) is 5.02 Å². The van der Waals surface area contributed by atoms with Crippen LogP contribution in [0.1, 0.15) is 41.6 Å². The second kappa shape index (κ2) is 6.08. The van der Waals surface area contributed by atoms with Gasteiger partial charge in [0.2, 0.25) is 0 Å². The van der Waals surface area contributed by atoms with Crippen LogP contribution >= 0.6 is 11.6 Å². The van der Waals surface area contributed by atoms with E-state index in [0.29, 0.717) is 17.4 Å². The van der Waals surface area contributed by atoms with Crippen LogP contribution < -0.4 is 10.5 Å². The van der Waals surface area contributed by atoms with Crippen LogP contribution in [0.5, 0.6) is 5.75 Å². The van der Waals surface area contributed by atoms with Gasteiger partial charge in [0, 0.05) is 6.04 Å². The predicted molar refractivity (Wildman–Crippen MR) is 86.9 cm³/mol. The number of hydrogen-bond acceptors (Lipinski definition) is 2. The van der Waals surface area contributed by atoms with Gasteiger partial charge in [-0.25, -0.2) is 0 Å². The summed E-state index contributed by atoms with van der Waals surface area (Å²) in [5, 5.41) is 0.617. The lowest BCUT2D eigenvalue weighted by atomic mass is 10.1. The molecule has 1 atom stereocenters. The molecule has 110 valence electrons. The highest BCUT2D eigenvalue weighted by Crippen LogP contribution is 2.29. The molecule has 0 saturated carbocycles. The van der Waals surface area contributed by atoms with Gasteiger partial charge in [0.25, 0.3) is 0 Å². The first-order valence-corrected chi connectivity index (χ1v) is 7.80. The molecule has 0 aliphatic heterocycles. The molecular formula is C18H20ClNO. The summed E-state index contributed by atoms with van der Waals surface area (Å²) in [5.41, 5.74) is 11.0. The second-order valence-corrected chi connectivity index (χ2v) is 6.13. The molecule has 2 aromatic rings. The number of benzene rings is 2. The molecule has 1 unspecified atom stereocenters. The topological polar surface area (TPSA) is 35.2 Å². The summed E-state index contributed by atoms with van der Waals surface area (Å²) < 4.78 is 5.84. The third-order valence-electron chi connectivity index (χ3n) is 4.04. The Morgan fingerprint density at radius 2 is 1.95 bits per heavy atom. The lowest BCUT2D eigenvalue weighted by molar-refractivity contribution is 0.306. The maximum Gasteiger partial charge on any atom is 0.138 e. The van der Waals surface area contributed by atoms with Crippen LogP contribution in [-0.4, -0.2) is 0 Å². The molecule has 3 heteroatoms. The number of nitrogens with two attached hydrogens (primary N) is 1. The standard InChI is InChI=1S/C18H20ClNO/c1-12(20)15-7-8-18(17(19)10-15)21-11-13-5-6-14-3-2-4-16(14)9-13/h5-10,12H,2-4,11,20H2,1H3. The average Bonchev–Trinajstić information content (AvgIpc) is 2.93. The highest BCUT2D eigenvalue weighted by Gasteiger charge is 2.11. The van der Waals surface area contributed by atoms with Gasteiger partial charge in [-0.2, -0.15) is 0 Å². The Labute approximate surface area is 130 Å². The first-order chi connectivity index (χ1) is 10.1. The minimum absolute atomic E-state index is 0.0201. The van der Waals surface area contributed by atoms with Crippen molar-refractivity contribution in [2.24, 2.45) is 5.73 Å². The summed E-state index contributed by atoms with van der Waals surface area (Å²) in [6.45, 7) is 2.49. The highest BCUT2D eigenvalue weighted by atomic mass is 35.5. The Bertz CT molecular complexity index is 652. The summed E-state index contributed by atoms with van der Waals surface area (Å²) in [7, 11) is 0. The maximum absolute atomic E-state index is 6.25. The number of hydrogen-bond donors (Lipinski definition) is 1. The largest absolute Gasteiger partial charge is 0.487 e. The predicted octanol–water partition coefficient (Wildman–Crippen LogP) is 4.43. The fourth-order valence-corrected chi connectivity index (χ4v) is 3.04. The monoisotopic (exact) mass is 301 g/mol. The van der Waals surface area contributed by atoms with E-state index in [-0.39, 0.29) is 6.04 Å². The van der Waals surface area contributed by atoms with Gasteiger partial charge in [-0.05, 0) is 60.6 Å². The smallest absolute Gasteiger partial charge is 0.138 e. The van der Waals surface area contributed by atoms with Gasteiger partial charge in [-0.1, -0.05) is 35.9 Å². The molecule has 0 spiro atoms. The molecule has 1 aliphatic carbocycles. The van der Waals surface area contributed by atoms with E-state index < -0.39 is 0 Å². The number of ether oxygens (including phenoxy) is 1. The fraction of sp³-hybridized carbons (Fsp3) is 0.333. The maximum atomic E-state index is 6.25. The fourth-order valence-electron chi connectivity index (χ4n) is 2.79. The minimum atomic E-state index is -0.0201. The van der Waals surface area contributed by atoms with Crippen molar-refractivity contribution in [3.63, 3.8) is 0 Å². The molecular weight excluding hydrogens is 282 g/mol. The van der Waals surface area contributed by atoms with E-state index in [1.807, 2.05) is 25.1 Å². The second-order valence-electron chi connectivity index (χ2n) is 5.72. The molecule has 2 nitrogen and oxygen atoms in total. The zero-order valence-electron chi connectivity index (χ0n) is 12.2. The lowest BCUT2D eigenvalue weighted by Gasteiger charge is -2.12. The molecule has 1 aliphatic rings. The van der Waals surface area contributed by atoms with Gasteiger partial charge in [-0.3, -0.25) is 0 Å². The van der Waals surface area contributed by atoms with Crippen LogP contribution in [0.4, 0.5) is 0 Å². The molecule has 0 aromatic heterocycles. The van der Waals surface area contributed by atoms with Crippen LogP contribution in [0.25, 0.3) is 0 Å². The molecule has 21 heavy (non-hydrogen) atoms. The first kappa shape index (κ1) is 14.4. The third-order valence-corrected chi connectivity index (χ3v) is 4.33. The molecule has 0 fully saturated rings. The molecule has 3 rings (SSSR count). The van der Waals surface area contributed by atoms with Crippen LogP contribution in [-0.2, 0) is 19.4 Å². The summed E-state index contributed by atoms with van der Waals surface area (Å²) in [6, 6.07) is 12.4. The Kier molecular flexibility index (Phi) is 4.18. The SMILES string of the molecule is CC(N)c1ccc(OCc2ccc3c(c2)CCC3)c(Cl)c1. The van der Waals surface area contributed by atoms with Crippen molar-refractivity contribution in [3.8, 4) is 5.75 Å². The molecule has 0 bridgehead atoms. The Balaban J connectivity index is 1.70. The quantitative estimate of drug-likeness (QED) is 0.907. The Morgan fingerprint density at radius 3 is 2.71 bits per heavy atom. The van der Waals surface area contributed by atoms with Crippen molar-refractivity contribution in [1.82, 2.24) is 0 Å². The summed E-state index contributed by atoms with van der Waals surface area (Å²) in [5.74, 6) is 0.710. The third kappa shape index (κ3) is 3.22. The van der Waals surface area contributed by atoms with E-state index in [1.165, 1.54) is 36.0 Å². The van der Waals surface area contributed by atoms with E-state index in [9.17, 15) is 0 Å². The van der Waals surface area contributed by atoms with Crippen LogP contribution in [0.3, 0.4) is 0 Å². The first-order valence-electron chi connectivity index (χ1n) is 7.42. The molecule has 0 heterocycles. The zero-order valence-corrected chi connectivity index (χ0v) is 13.0. The number of halogens is 1. The van der Waals surface area contributed by atoms with Gasteiger partial charge >= 0.3 is 0 Å². The van der Waals surface area contributed by atoms with E-state index in [2.05, 4.69) is 18.2 Å². The van der Waals surface area contributed by atoms with Crippen LogP contribution in [0.15, 0.2) is 36.4 Å². The molecule has 0 radical (unpaired) electrons. The van der Waals surface area contributed by atoms with Crippen LogP contribution in [0, 0.1) is 0 Å². The summed E-state index contributed by atoms with van der Waals surface area (Å²) in [4.78, 5) is 0. The van der Waals surface area contributed by atoms with Crippen molar-refractivity contribution < 1.29 is 4.74 Å². The van der Waals surface area contributed by atoms with E-state index in [1.54, 1.807) is 0 Å². The molecule has 0 amide bonds. The van der Waals surface area contributed by atoms with Crippen molar-refractivity contribution in [2.75, 3.05) is 0 Å². The minimum Gasteiger partial charge on any atom is -0.487 e. The Morgan fingerprint density at radius 1 is 1.14 bits per heavy atom. The van der Waals surface area contributed by atoms with Crippen molar-refractivity contribution in [2.45, 2.75) is 38.8 Å². The van der Waals surface area contributed by atoms with Crippen molar-refractivity contribution in [3.05, 3.63) is 63.7 Å². The van der Waals surface area contributed by atoms with Gasteiger partial charge in [0.1, 0.15) is 12.4 Å². The van der Waals surface area contributed by atoms with Gasteiger partial charge in [-0.15, -0.1) is 0 Å². The summed E-state index contributed by atoms with van der Waals surface area (Å²) in [6.07, 6.45) is 3.66. The molecule has 2 aromatic carbocycles. The number of fused-ring (bicyclic) bond motifs is 1. The van der Waals surface area contributed by atoms with E-state index >= 15 is 0 Å². The number of aryl methyl sites for hydroxylation is 2. The van der Waals surface area contributed by atoms with Gasteiger partial charge in [0.05, 0.1) is 5.02 Å². The number of rotatable bonds is 4. The lowest BCUT2D eigenvalue weighted by Crippen LogP contribution is -2.05. The zero-order chi connectivity index (χ0) is 14.8. The highest BCUT2D eigenvalue weighted by molar-refractivity contribution is 6.32. The summed E-state index contributed by atoms with van der Waals surface area (Å²) >= 11 is 6.25. The molecule has 2 N–H and O–H groups in total. The van der Waals surface area contributed by atoms with E-state index in [0.717, 1.165) is 5.56 Å². The Hall–Kier alpha value is -1.51. The van der Waals surface area contributed by atoms with Crippen molar-refractivity contribution in [1.29, 1.82) is 0 Å². The van der Waals surface area contributed by atoms with Gasteiger partial charge < -0.3 is 10.5 Å². The normalized spacial score (nSPS) is 14.8. The van der Waals surface area contributed by atoms with Crippen molar-refractivity contribution >= 4 is 11.6 Å². The average molecular weight is 302 g/mol. The van der Waals surface area contributed by atoms with E-state index in [4.69, 9.17) is 22.1 Å². The molecule has 0 saturated heterocycles.